The summed E-state index contributed by atoms with van der Waals surface area (Å²) in [4.78, 5) is 7.19. The van der Waals surface area contributed by atoms with Crippen LogP contribution in [0.3, 0.4) is 0 Å². The first-order valence-corrected chi connectivity index (χ1v) is 9.58. The van der Waals surface area contributed by atoms with Gasteiger partial charge < -0.3 is 20.1 Å². The normalized spacial score (nSPS) is 16.4. The number of benzene rings is 1. The van der Waals surface area contributed by atoms with Gasteiger partial charge in [-0.15, -0.1) is 24.0 Å². The smallest absolute Gasteiger partial charge is 0.191 e. The highest BCUT2D eigenvalue weighted by atomic mass is 127. The summed E-state index contributed by atoms with van der Waals surface area (Å²) in [5, 5.41) is 6.79. The molecule has 1 atom stereocenters. The fourth-order valence-corrected chi connectivity index (χ4v) is 3.05. The van der Waals surface area contributed by atoms with E-state index in [0.717, 1.165) is 63.2 Å². The van der Waals surface area contributed by atoms with Crippen LogP contribution in [0.15, 0.2) is 23.2 Å². The van der Waals surface area contributed by atoms with Crippen LogP contribution in [-0.2, 0) is 11.3 Å². The Morgan fingerprint density at radius 3 is 2.70 bits per heavy atom. The van der Waals surface area contributed by atoms with Crippen LogP contribution in [0, 0.1) is 12.8 Å². The van der Waals surface area contributed by atoms with Crippen molar-refractivity contribution in [3.63, 3.8) is 0 Å². The summed E-state index contributed by atoms with van der Waals surface area (Å²) in [6.07, 6.45) is 0. The summed E-state index contributed by atoms with van der Waals surface area (Å²) < 4.78 is 10.9. The number of aryl methyl sites for hydroxylation is 1. The zero-order valence-corrected chi connectivity index (χ0v) is 19.4. The molecule has 154 valence electrons. The van der Waals surface area contributed by atoms with E-state index in [9.17, 15) is 0 Å². The van der Waals surface area contributed by atoms with Crippen molar-refractivity contribution in [3.05, 3.63) is 29.3 Å². The Labute approximate surface area is 181 Å². The number of hydrogen-bond acceptors (Lipinski definition) is 4. The zero-order valence-electron chi connectivity index (χ0n) is 17.1. The average molecular weight is 490 g/mol. The topological polar surface area (TPSA) is 58.1 Å². The molecule has 1 heterocycles. The lowest BCUT2D eigenvalue weighted by atomic mass is 10.1. The first-order valence-electron chi connectivity index (χ1n) is 9.58. The van der Waals surface area contributed by atoms with E-state index in [4.69, 9.17) is 14.5 Å². The second kappa shape index (κ2) is 13.2. The highest BCUT2D eigenvalue weighted by molar-refractivity contribution is 14.0. The van der Waals surface area contributed by atoms with Crippen LogP contribution >= 0.6 is 24.0 Å². The van der Waals surface area contributed by atoms with Gasteiger partial charge in [0.2, 0.25) is 0 Å². The molecule has 0 radical (unpaired) electrons. The number of methoxy groups -OCH3 is 1. The highest BCUT2D eigenvalue weighted by Crippen LogP contribution is 2.20. The van der Waals surface area contributed by atoms with Crippen molar-refractivity contribution in [1.29, 1.82) is 0 Å². The van der Waals surface area contributed by atoms with Crippen molar-refractivity contribution in [2.75, 3.05) is 53.0 Å². The Bertz CT molecular complexity index is 577. The van der Waals surface area contributed by atoms with Crippen LogP contribution in [0.2, 0.25) is 0 Å². The summed E-state index contributed by atoms with van der Waals surface area (Å²) >= 11 is 0. The largest absolute Gasteiger partial charge is 0.496 e. The average Bonchev–Trinajstić information content (AvgIpc) is 2.65. The van der Waals surface area contributed by atoms with Crippen LogP contribution < -0.4 is 15.4 Å². The second-order valence-electron chi connectivity index (χ2n) is 6.91. The van der Waals surface area contributed by atoms with E-state index in [1.807, 2.05) is 0 Å². The maximum absolute atomic E-state index is 5.48. The third kappa shape index (κ3) is 8.66. The number of nitrogens with zero attached hydrogens (tertiary/aromatic N) is 2. The lowest BCUT2D eigenvalue weighted by molar-refractivity contribution is 0.0320. The maximum Gasteiger partial charge on any atom is 0.191 e. The van der Waals surface area contributed by atoms with Crippen LogP contribution in [0.4, 0.5) is 0 Å². The predicted octanol–water partition coefficient (Wildman–Crippen LogP) is 2.65. The molecule has 1 fully saturated rings. The zero-order chi connectivity index (χ0) is 18.8. The van der Waals surface area contributed by atoms with E-state index in [1.165, 1.54) is 5.56 Å². The molecule has 1 aliphatic heterocycles. The van der Waals surface area contributed by atoms with Crippen LogP contribution in [-0.4, -0.2) is 63.9 Å². The van der Waals surface area contributed by atoms with Crippen LogP contribution in [0.25, 0.3) is 0 Å². The van der Waals surface area contributed by atoms with Gasteiger partial charge in [-0.05, 0) is 31.4 Å². The number of aliphatic imine (C=N–C) groups is 1. The molecule has 27 heavy (non-hydrogen) atoms. The molecule has 0 aliphatic carbocycles. The number of hydrogen-bond donors (Lipinski definition) is 2. The van der Waals surface area contributed by atoms with Crippen LogP contribution in [0.5, 0.6) is 5.75 Å². The molecule has 1 aromatic rings. The van der Waals surface area contributed by atoms with Crippen LogP contribution in [0.1, 0.15) is 25.0 Å². The summed E-state index contributed by atoms with van der Waals surface area (Å²) in [5.41, 5.74) is 2.29. The monoisotopic (exact) mass is 490 g/mol. The van der Waals surface area contributed by atoms with E-state index in [2.05, 4.69) is 54.5 Å². The van der Waals surface area contributed by atoms with Gasteiger partial charge in [-0.25, -0.2) is 4.99 Å². The van der Waals surface area contributed by atoms with Gasteiger partial charge in [-0.3, -0.25) is 4.90 Å². The molecular weight excluding hydrogens is 455 g/mol. The van der Waals surface area contributed by atoms with Gasteiger partial charge in [0, 0.05) is 38.3 Å². The molecule has 2 N–H and O–H groups in total. The molecule has 0 amide bonds. The number of morpholine rings is 1. The van der Waals surface area contributed by atoms with Crippen molar-refractivity contribution in [3.8, 4) is 5.75 Å². The fourth-order valence-electron chi connectivity index (χ4n) is 3.05. The number of halogens is 1. The van der Waals surface area contributed by atoms with Gasteiger partial charge >= 0.3 is 0 Å². The Balaban J connectivity index is 0.00000364. The van der Waals surface area contributed by atoms with Gasteiger partial charge in [0.05, 0.1) is 26.9 Å². The van der Waals surface area contributed by atoms with E-state index in [0.29, 0.717) is 12.5 Å². The van der Waals surface area contributed by atoms with Gasteiger partial charge in [-0.2, -0.15) is 0 Å². The highest BCUT2D eigenvalue weighted by Gasteiger charge is 2.14. The lowest BCUT2D eigenvalue weighted by Gasteiger charge is -2.29. The van der Waals surface area contributed by atoms with E-state index < -0.39 is 0 Å². The summed E-state index contributed by atoms with van der Waals surface area (Å²) in [5.74, 6) is 2.29. The first-order chi connectivity index (χ1) is 12.6. The molecule has 1 unspecified atom stereocenters. The Morgan fingerprint density at radius 1 is 1.30 bits per heavy atom. The Kier molecular flexibility index (Phi) is 11.7. The molecular formula is C20H35IN4O2. The van der Waals surface area contributed by atoms with Gasteiger partial charge in [0.15, 0.2) is 5.96 Å². The van der Waals surface area contributed by atoms with E-state index >= 15 is 0 Å². The quantitative estimate of drug-likeness (QED) is 0.334. The molecule has 1 aliphatic rings. The minimum absolute atomic E-state index is 0. The maximum atomic E-state index is 5.48. The Morgan fingerprint density at radius 2 is 2.04 bits per heavy atom. The number of nitrogens with one attached hydrogen (secondary N) is 2. The van der Waals surface area contributed by atoms with Gasteiger partial charge in [0.1, 0.15) is 5.75 Å². The van der Waals surface area contributed by atoms with Crippen molar-refractivity contribution < 1.29 is 9.47 Å². The van der Waals surface area contributed by atoms with Gasteiger partial charge in [-0.1, -0.05) is 19.1 Å². The third-order valence-electron chi connectivity index (χ3n) is 4.49. The molecule has 6 nitrogen and oxygen atoms in total. The molecule has 0 spiro atoms. The standard InChI is InChI=1S/C20H34N4O2.HI/c1-5-21-20(22-13-17(3)15-24-8-10-26-11-9-24)23-14-18-7-6-16(2)12-19(18)25-4;/h6-7,12,17H,5,8-11,13-15H2,1-4H3,(H2,21,22,23);1H. The summed E-state index contributed by atoms with van der Waals surface area (Å²) in [6, 6.07) is 6.23. The second-order valence-corrected chi connectivity index (χ2v) is 6.91. The Hall–Kier alpha value is -1.06. The third-order valence-corrected chi connectivity index (χ3v) is 4.49. The molecule has 0 saturated carbocycles. The molecule has 7 heteroatoms. The predicted molar refractivity (Wildman–Crippen MR) is 122 cm³/mol. The number of ether oxygens (including phenoxy) is 2. The molecule has 1 aromatic carbocycles. The number of rotatable bonds is 8. The van der Waals surface area contributed by atoms with Gasteiger partial charge in [0.25, 0.3) is 0 Å². The van der Waals surface area contributed by atoms with Crippen molar-refractivity contribution in [2.45, 2.75) is 27.3 Å². The summed E-state index contributed by atoms with van der Waals surface area (Å²) in [6.45, 7) is 13.6. The molecule has 1 saturated heterocycles. The number of guanidine groups is 1. The lowest BCUT2D eigenvalue weighted by Crippen LogP contribution is -2.44. The van der Waals surface area contributed by atoms with E-state index in [1.54, 1.807) is 7.11 Å². The first kappa shape index (κ1) is 24.0. The SMILES string of the molecule is CCNC(=NCc1ccc(C)cc1OC)NCC(C)CN1CCOCC1.I. The minimum Gasteiger partial charge on any atom is -0.496 e. The van der Waals surface area contributed by atoms with Crippen molar-refractivity contribution >= 4 is 29.9 Å². The van der Waals surface area contributed by atoms with Crippen molar-refractivity contribution in [1.82, 2.24) is 15.5 Å². The molecule has 0 aromatic heterocycles. The molecule has 2 rings (SSSR count). The minimum atomic E-state index is 0. The van der Waals surface area contributed by atoms with Crippen molar-refractivity contribution in [2.24, 2.45) is 10.9 Å². The fraction of sp³-hybridized carbons (Fsp3) is 0.650. The summed E-state index contributed by atoms with van der Waals surface area (Å²) in [7, 11) is 1.71. The van der Waals surface area contributed by atoms with E-state index in [-0.39, 0.29) is 24.0 Å². The molecule has 0 bridgehead atoms.